The van der Waals surface area contributed by atoms with E-state index in [4.69, 9.17) is 4.74 Å². The highest BCUT2D eigenvalue weighted by molar-refractivity contribution is 7.99. The summed E-state index contributed by atoms with van der Waals surface area (Å²) in [5, 5.41) is 24.9. The normalized spacial score (nSPS) is 10.5. The average Bonchev–Trinajstić information content (AvgIpc) is 3.19. The molecule has 0 aliphatic heterocycles. The van der Waals surface area contributed by atoms with E-state index in [1.165, 1.54) is 36.0 Å². The minimum absolute atomic E-state index is 0.0302. The second kappa shape index (κ2) is 11.1. The fourth-order valence-electron chi connectivity index (χ4n) is 2.89. The van der Waals surface area contributed by atoms with Gasteiger partial charge in [0.15, 0.2) is 5.16 Å². The number of nitro groups is 1. The Bertz CT molecular complexity index is 1130. The van der Waals surface area contributed by atoms with E-state index in [-0.39, 0.29) is 29.7 Å². The molecule has 3 aromatic rings. The van der Waals surface area contributed by atoms with Crippen LogP contribution in [0.3, 0.4) is 0 Å². The molecule has 0 atom stereocenters. The van der Waals surface area contributed by atoms with Gasteiger partial charge in [-0.1, -0.05) is 11.8 Å². The van der Waals surface area contributed by atoms with Gasteiger partial charge < -0.3 is 19.9 Å². The van der Waals surface area contributed by atoms with E-state index in [0.29, 0.717) is 34.6 Å². The molecule has 0 unspecified atom stereocenters. The van der Waals surface area contributed by atoms with E-state index in [1.807, 2.05) is 6.92 Å². The monoisotopic (exact) mass is 470 g/mol. The standard InChI is InChI=1S/C21H22N6O5S/c1-3-26-18(12-19(28)22-15-6-10-17(32-2)11-7-15)24-25-21(26)33-13-20(29)23-14-4-8-16(9-5-14)27(30)31/h4-11H,3,12-13H2,1-2H3,(H,22,28)(H,23,29). The zero-order valence-corrected chi connectivity index (χ0v) is 18.8. The number of aromatic nitrogens is 3. The summed E-state index contributed by atoms with van der Waals surface area (Å²) >= 11 is 1.19. The Kier molecular flexibility index (Phi) is 7.97. The molecule has 0 bridgehead atoms. The van der Waals surface area contributed by atoms with Gasteiger partial charge in [-0.15, -0.1) is 10.2 Å². The van der Waals surface area contributed by atoms with Crippen LogP contribution in [0.4, 0.5) is 17.1 Å². The molecule has 2 amide bonds. The minimum Gasteiger partial charge on any atom is -0.497 e. The van der Waals surface area contributed by atoms with Crippen molar-refractivity contribution in [3.63, 3.8) is 0 Å². The van der Waals surface area contributed by atoms with E-state index >= 15 is 0 Å². The molecular weight excluding hydrogens is 448 g/mol. The number of rotatable bonds is 10. The molecule has 0 saturated heterocycles. The summed E-state index contributed by atoms with van der Waals surface area (Å²) in [6.45, 7) is 2.43. The Hall–Kier alpha value is -3.93. The Morgan fingerprint density at radius 3 is 2.21 bits per heavy atom. The molecule has 3 rings (SSSR count). The number of amides is 2. The number of nitrogens with zero attached hydrogens (tertiary/aromatic N) is 4. The number of nitrogens with one attached hydrogen (secondary N) is 2. The number of benzene rings is 2. The largest absolute Gasteiger partial charge is 0.497 e. The van der Waals surface area contributed by atoms with Crippen molar-refractivity contribution in [1.82, 2.24) is 14.8 Å². The van der Waals surface area contributed by atoms with Crippen molar-refractivity contribution in [2.75, 3.05) is 23.5 Å². The fraction of sp³-hybridized carbons (Fsp3) is 0.238. The van der Waals surface area contributed by atoms with Crippen LogP contribution in [-0.4, -0.2) is 44.4 Å². The zero-order valence-electron chi connectivity index (χ0n) is 18.0. The molecule has 0 aliphatic carbocycles. The van der Waals surface area contributed by atoms with E-state index in [0.717, 1.165) is 0 Å². The summed E-state index contributed by atoms with van der Waals surface area (Å²) in [5.74, 6) is 0.709. The predicted octanol–water partition coefficient (Wildman–Crippen LogP) is 3.13. The van der Waals surface area contributed by atoms with Crippen molar-refractivity contribution < 1.29 is 19.2 Å². The average molecular weight is 471 g/mol. The third-order valence-corrected chi connectivity index (χ3v) is 5.46. The molecule has 2 aromatic carbocycles. The quantitative estimate of drug-likeness (QED) is 0.261. The summed E-state index contributed by atoms with van der Waals surface area (Å²) in [5.41, 5.74) is 1.04. The van der Waals surface area contributed by atoms with E-state index < -0.39 is 4.92 Å². The Balaban J connectivity index is 1.55. The van der Waals surface area contributed by atoms with Gasteiger partial charge in [-0.05, 0) is 43.3 Å². The van der Waals surface area contributed by atoms with Crippen LogP contribution in [0, 0.1) is 10.1 Å². The van der Waals surface area contributed by atoms with Gasteiger partial charge in [-0.3, -0.25) is 19.7 Å². The summed E-state index contributed by atoms with van der Waals surface area (Å²) in [7, 11) is 1.57. The highest BCUT2D eigenvalue weighted by Crippen LogP contribution is 2.20. The summed E-state index contributed by atoms with van der Waals surface area (Å²) in [4.78, 5) is 34.9. The van der Waals surface area contributed by atoms with Crippen molar-refractivity contribution in [1.29, 1.82) is 0 Å². The van der Waals surface area contributed by atoms with Gasteiger partial charge in [0, 0.05) is 30.1 Å². The molecule has 11 nitrogen and oxygen atoms in total. The molecule has 12 heteroatoms. The van der Waals surface area contributed by atoms with Gasteiger partial charge in [-0.2, -0.15) is 0 Å². The van der Waals surface area contributed by atoms with Crippen molar-refractivity contribution in [3.05, 3.63) is 64.5 Å². The number of non-ortho nitro benzene ring substituents is 1. The molecule has 1 aromatic heterocycles. The molecule has 0 radical (unpaired) electrons. The van der Waals surface area contributed by atoms with Gasteiger partial charge in [0.05, 0.1) is 24.2 Å². The Morgan fingerprint density at radius 1 is 1.03 bits per heavy atom. The number of hydrogen-bond acceptors (Lipinski definition) is 8. The summed E-state index contributed by atoms with van der Waals surface area (Å²) < 4.78 is 6.87. The zero-order chi connectivity index (χ0) is 23.8. The van der Waals surface area contributed by atoms with Crippen LogP contribution in [-0.2, 0) is 22.6 Å². The maximum absolute atomic E-state index is 12.4. The van der Waals surface area contributed by atoms with Crippen molar-refractivity contribution in [2.45, 2.75) is 25.0 Å². The van der Waals surface area contributed by atoms with Gasteiger partial charge in [0.2, 0.25) is 11.8 Å². The molecule has 0 saturated carbocycles. The number of methoxy groups -OCH3 is 1. The Labute approximate surface area is 193 Å². The van der Waals surface area contributed by atoms with Crippen molar-refractivity contribution in [3.8, 4) is 5.75 Å². The third-order valence-electron chi connectivity index (χ3n) is 4.50. The lowest BCUT2D eigenvalue weighted by molar-refractivity contribution is -0.384. The second-order valence-corrected chi connectivity index (χ2v) is 7.68. The predicted molar refractivity (Wildman–Crippen MR) is 123 cm³/mol. The number of anilines is 2. The van der Waals surface area contributed by atoms with E-state index in [2.05, 4.69) is 20.8 Å². The van der Waals surface area contributed by atoms with Gasteiger partial charge in [-0.25, -0.2) is 0 Å². The number of hydrogen-bond donors (Lipinski definition) is 2. The lowest BCUT2D eigenvalue weighted by Gasteiger charge is -2.09. The lowest BCUT2D eigenvalue weighted by Crippen LogP contribution is -2.18. The van der Waals surface area contributed by atoms with Crippen LogP contribution in [0.15, 0.2) is 53.7 Å². The number of ether oxygens (including phenoxy) is 1. The summed E-state index contributed by atoms with van der Waals surface area (Å²) in [6, 6.07) is 12.6. The molecule has 0 fully saturated rings. The maximum atomic E-state index is 12.4. The van der Waals surface area contributed by atoms with Gasteiger partial charge in [0.1, 0.15) is 11.6 Å². The number of carbonyl (C=O) groups excluding carboxylic acids is 2. The van der Waals surface area contributed by atoms with Crippen LogP contribution >= 0.6 is 11.8 Å². The lowest BCUT2D eigenvalue weighted by atomic mass is 10.3. The topological polar surface area (TPSA) is 141 Å². The maximum Gasteiger partial charge on any atom is 0.269 e. The molecule has 0 spiro atoms. The summed E-state index contributed by atoms with van der Waals surface area (Å²) in [6.07, 6.45) is 0.0302. The van der Waals surface area contributed by atoms with Gasteiger partial charge in [0.25, 0.3) is 5.69 Å². The first-order chi connectivity index (χ1) is 15.9. The van der Waals surface area contributed by atoms with Gasteiger partial charge >= 0.3 is 0 Å². The second-order valence-electron chi connectivity index (χ2n) is 6.74. The van der Waals surface area contributed by atoms with Crippen LogP contribution < -0.4 is 15.4 Å². The van der Waals surface area contributed by atoms with Crippen molar-refractivity contribution >= 4 is 40.6 Å². The molecule has 172 valence electrons. The van der Waals surface area contributed by atoms with E-state index in [1.54, 1.807) is 35.9 Å². The molecule has 2 N–H and O–H groups in total. The number of nitro benzene ring substituents is 1. The Morgan fingerprint density at radius 2 is 1.64 bits per heavy atom. The SMILES string of the molecule is CCn1c(CC(=O)Nc2ccc(OC)cc2)nnc1SCC(=O)Nc1ccc([N+](=O)[O-])cc1. The first-order valence-corrected chi connectivity index (χ1v) is 10.9. The van der Waals surface area contributed by atoms with Crippen molar-refractivity contribution in [2.24, 2.45) is 0 Å². The highest BCUT2D eigenvalue weighted by Gasteiger charge is 2.16. The van der Waals surface area contributed by atoms with Crippen LogP contribution in [0.5, 0.6) is 5.75 Å². The van der Waals surface area contributed by atoms with Crippen LogP contribution in [0.2, 0.25) is 0 Å². The first kappa shape index (κ1) is 23.7. The highest BCUT2D eigenvalue weighted by atomic mass is 32.2. The number of thioether (sulfide) groups is 1. The fourth-order valence-corrected chi connectivity index (χ4v) is 3.71. The van der Waals surface area contributed by atoms with Crippen LogP contribution in [0.25, 0.3) is 0 Å². The van der Waals surface area contributed by atoms with Crippen LogP contribution in [0.1, 0.15) is 12.7 Å². The smallest absolute Gasteiger partial charge is 0.269 e. The first-order valence-electron chi connectivity index (χ1n) is 9.92. The van der Waals surface area contributed by atoms with E-state index in [9.17, 15) is 19.7 Å². The molecule has 33 heavy (non-hydrogen) atoms. The number of carbonyl (C=O) groups is 2. The molecule has 1 heterocycles. The third kappa shape index (κ3) is 6.53. The minimum atomic E-state index is -0.506. The molecular formula is C21H22N6O5S. The molecule has 0 aliphatic rings.